The van der Waals surface area contributed by atoms with E-state index in [1.807, 2.05) is 12.1 Å². The van der Waals surface area contributed by atoms with Crippen LogP contribution in [0.4, 0.5) is 0 Å². The molecule has 1 fully saturated rings. The fourth-order valence-corrected chi connectivity index (χ4v) is 3.02. The van der Waals surface area contributed by atoms with E-state index in [1.54, 1.807) is 7.11 Å². The topological polar surface area (TPSA) is 30.5 Å². The van der Waals surface area contributed by atoms with E-state index in [2.05, 4.69) is 24.4 Å². The maximum Gasteiger partial charge on any atom is 0.118 e. The monoisotopic (exact) mass is 291 g/mol. The van der Waals surface area contributed by atoms with E-state index in [1.165, 1.54) is 37.7 Å². The van der Waals surface area contributed by atoms with Crippen LogP contribution in [-0.4, -0.2) is 26.4 Å². The zero-order chi connectivity index (χ0) is 14.9. The zero-order valence-corrected chi connectivity index (χ0v) is 13.4. The van der Waals surface area contributed by atoms with Gasteiger partial charge in [-0.05, 0) is 37.0 Å². The predicted molar refractivity (Wildman–Crippen MR) is 86.9 cm³/mol. The minimum Gasteiger partial charge on any atom is -0.497 e. The molecule has 1 N–H and O–H groups in total. The molecule has 0 heterocycles. The number of rotatable bonds is 8. The van der Waals surface area contributed by atoms with Crippen LogP contribution in [0, 0.1) is 0 Å². The Bertz CT molecular complexity index is 385. The Balaban J connectivity index is 1.71. The average molecular weight is 291 g/mol. The molecule has 3 nitrogen and oxygen atoms in total. The Morgan fingerprint density at radius 2 is 1.86 bits per heavy atom. The van der Waals surface area contributed by atoms with Crippen LogP contribution in [0.3, 0.4) is 0 Å². The molecule has 0 saturated heterocycles. The van der Waals surface area contributed by atoms with Crippen LogP contribution in [0.5, 0.6) is 5.75 Å². The summed E-state index contributed by atoms with van der Waals surface area (Å²) in [5, 5.41) is 3.60. The Labute approximate surface area is 129 Å². The van der Waals surface area contributed by atoms with Crippen LogP contribution in [0.25, 0.3) is 0 Å². The summed E-state index contributed by atoms with van der Waals surface area (Å²) in [7, 11) is 1.70. The summed E-state index contributed by atoms with van der Waals surface area (Å²) in [6.07, 6.45) is 8.12. The maximum atomic E-state index is 5.97. The minimum atomic E-state index is 0.394. The molecule has 0 amide bonds. The lowest BCUT2D eigenvalue weighted by atomic mass is 9.98. The van der Waals surface area contributed by atoms with Gasteiger partial charge in [0.1, 0.15) is 5.75 Å². The van der Waals surface area contributed by atoms with E-state index in [0.717, 1.165) is 25.3 Å². The fraction of sp³-hybridized carbons (Fsp3) is 0.667. The van der Waals surface area contributed by atoms with Crippen molar-refractivity contribution in [3.8, 4) is 5.75 Å². The molecule has 2 rings (SSSR count). The van der Waals surface area contributed by atoms with Crippen molar-refractivity contribution in [2.75, 3.05) is 20.3 Å². The number of hydrogen-bond acceptors (Lipinski definition) is 3. The molecular weight excluding hydrogens is 262 g/mol. The number of nitrogens with one attached hydrogen (secondary N) is 1. The third-order valence-electron chi connectivity index (χ3n) is 4.32. The van der Waals surface area contributed by atoms with Gasteiger partial charge < -0.3 is 14.8 Å². The first kappa shape index (κ1) is 16.3. The quantitative estimate of drug-likeness (QED) is 0.732. The molecule has 0 aromatic heterocycles. The highest BCUT2D eigenvalue weighted by molar-refractivity contribution is 5.29. The van der Waals surface area contributed by atoms with Gasteiger partial charge in [-0.1, -0.05) is 38.3 Å². The van der Waals surface area contributed by atoms with Crippen molar-refractivity contribution >= 4 is 0 Å². The lowest BCUT2D eigenvalue weighted by molar-refractivity contribution is 0.0293. The first-order chi connectivity index (χ1) is 10.3. The van der Waals surface area contributed by atoms with Crippen molar-refractivity contribution in [3.05, 3.63) is 29.8 Å². The molecule has 1 aliphatic rings. The second-order valence-electron chi connectivity index (χ2n) is 5.82. The van der Waals surface area contributed by atoms with Gasteiger partial charge in [-0.15, -0.1) is 0 Å². The van der Waals surface area contributed by atoms with Gasteiger partial charge in [-0.3, -0.25) is 0 Å². The van der Waals surface area contributed by atoms with Crippen molar-refractivity contribution in [2.24, 2.45) is 0 Å². The second kappa shape index (κ2) is 9.06. The summed E-state index contributed by atoms with van der Waals surface area (Å²) in [6.45, 7) is 3.95. The number of hydrogen-bond donors (Lipinski definition) is 1. The predicted octanol–water partition coefficient (Wildman–Crippen LogP) is 4.09. The first-order valence-electron chi connectivity index (χ1n) is 8.32. The third-order valence-corrected chi connectivity index (χ3v) is 4.32. The lowest BCUT2D eigenvalue weighted by Gasteiger charge is -2.23. The van der Waals surface area contributed by atoms with Crippen LogP contribution >= 0.6 is 0 Å². The van der Waals surface area contributed by atoms with Gasteiger partial charge in [0.2, 0.25) is 0 Å². The van der Waals surface area contributed by atoms with E-state index in [9.17, 15) is 0 Å². The van der Waals surface area contributed by atoms with E-state index < -0.39 is 0 Å². The van der Waals surface area contributed by atoms with Crippen LogP contribution in [0.2, 0.25) is 0 Å². The molecule has 0 aliphatic heterocycles. The van der Waals surface area contributed by atoms with Crippen LogP contribution < -0.4 is 10.1 Å². The molecule has 0 bridgehead atoms. The van der Waals surface area contributed by atoms with E-state index in [-0.39, 0.29) is 0 Å². The number of ether oxygens (including phenoxy) is 2. The summed E-state index contributed by atoms with van der Waals surface area (Å²) in [5.74, 6) is 0.911. The van der Waals surface area contributed by atoms with Gasteiger partial charge in [-0.25, -0.2) is 0 Å². The number of benzene rings is 1. The molecule has 1 aliphatic carbocycles. The van der Waals surface area contributed by atoms with Crippen molar-refractivity contribution < 1.29 is 9.47 Å². The van der Waals surface area contributed by atoms with Crippen LogP contribution in [0.15, 0.2) is 24.3 Å². The summed E-state index contributed by atoms with van der Waals surface area (Å²) in [4.78, 5) is 0. The molecule has 1 atom stereocenters. The van der Waals surface area contributed by atoms with Crippen molar-refractivity contribution in [1.82, 2.24) is 5.32 Å². The van der Waals surface area contributed by atoms with E-state index in [0.29, 0.717) is 12.1 Å². The van der Waals surface area contributed by atoms with Crippen molar-refractivity contribution in [3.63, 3.8) is 0 Å². The highest BCUT2D eigenvalue weighted by Crippen LogP contribution is 2.21. The SMILES string of the molecule is CCC(NCCOC1CCCCC1)c1ccc(OC)cc1. The molecule has 1 unspecified atom stereocenters. The van der Waals surface area contributed by atoms with Crippen LogP contribution in [-0.2, 0) is 4.74 Å². The van der Waals surface area contributed by atoms with Crippen molar-refractivity contribution in [2.45, 2.75) is 57.6 Å². The van der Waals surface area contributed by atoms with Gasteiger partial charge in [0.25, 0.3) is 0 Å². The van der Waals surface area contributed by atoms with Crippen molar-refractivity contribution in [1.29, 1.82) is 0 Å². The Kier molecular flexibility index (Phi) is 7.04. The molecule has 118 valence electrons. The molecule has 1 aromatic rings. The molecule has 0 radical (unpaired) electrons. The first-order valence-corrected chi connectivity index (χ1v) is 8.32. The number of methoxy groups -OCH3 is 1. The molecule has 1 aromatic carbocycles. The zero-order valence-electron chi connectivity index (χ0n) is 13.4. The van der Waals surface area contributed by atoms with Gasteiger partial charge >= 0.3 is 0 Å². The Morgan fingerprint density at radius 3 is 2.48 bits per heavy atom. The normalized spacial score (nSPS) is 17.6. The Morgan fingerprint density at radius 1 is 1.14 bits per heavy atom. The van der Waals surface area contributed by atoms with Gasteiger partial charge in [0, 0.05) is 12.6 Å². The molecule has 3 heteroatoms. The summed E-state index contributed by atoms with van der Waals surface area (Å²) >= 11 is 0. The molecular formula is C18H29NO2. The second-order valence-corrected chi connectivity index (χ2v) is 5.82. The van der Waals surface area contributed by atoms with Crippen LogP contribution in [0.1, 0.15) is 57.1 Å². The highest BCUT2D eigenvalue weighted by atomic mass is 16.5. The summed E-state index contributed by atoms with van der Waals surface area (Å²) < 4.78 is 11.2. The average Bonchev–Trinajstić information content (AvgIpc) is 2.56. The largest absolute Gasteiger partial charge is 0.497 e. The maximum absolute atomic E-state index is 5.97. The van der Waals surface area contributed by atoms with Gasteiger partial charge in [0.05, 0.1) is 19.8 Å². The molecule has 21 heavy (non-hydrogen) atoms. The third kappa shape index (κ3) is 5.33. The lowest BCUT2D eigenvalue weighted by Crippen LogP contribution is -2.27. The summed E-state index contributed by atoms with van der Waals surface area (Å²) in [6, 6.07) is 8.73. The highest BCUT2D eigenvalue weighted by Gasteiger charge is 2.14. The van der Waals surface area contributed by atoms with E-state index in [4.69, 9.17) is 9.47 Å². The Hall–Kier alpha value is -1.06. The smallest absolute Gasteiger partial charge is 0.118 e. The van der Waals surface area contributed by atoms with Gasteiger partial charge in [-0.2, -0.15) is 0 Å². The molecule has 0 spiro atoms. The standard InChI is InChI=1S/C18H29NO2/c1-3-18(15-9-11-16(20-2)12-10-15)19-13-14-21-17-7-5-4-6-8-17/h9-12,17-19H,3-8,13-14H2,1-2H3. The summed E-state index contributed by atoms with van der Waals surface area (Å²) in [5.41, 5.74) is 1.32. The fourth-order valence-electron chi connectivity index (χ4n) is 3.02. The molecule has 1 saturated carbocycles. The van der Waals surface area contributed by atoms with Gasteiger partial charge in [0.15, 0.2) is 0 Å². The van der Waals surface area contributed by atoms with E-state index >= 15 is 0 Å². The minimum absolute atomic E-state index is 0.394.